The van der Waals surface area contributed by atoms with Gasteiger partial charge in [-0.2, -0.15) is 11.8 Å². The zero-order valence-electron chi connectivity index (χ0n) is 14.4. The van der Waals surface area contributed by atoms with Crippen molar-refractivity contribution in [3.8, 4) is 5.88 Å². The minimum Gasteiger partial charge on any atom is -0.476 e. The van der Waals surface area contributed by atoms with E-state index in [1.807, 2.05) is 6.26 Å². The summed E-state index contributed by atoms with van der Waals surface area (Å²) in [6, 6.07) is 5.94. The maximum absolute atomic E-state index is 12.3. The van der Waals surface area contributed by atoms with Crippen molar-refractivity contribution in [2.75, 3.05) is 30.2 Å². The van der Waals surface area contributed by atoms with Crippen LogP contribution in [0.15, 0.2) is 48.1 Å². The highest BCUT2D eigenvalue weighted by Gasteiger charge is 2.13. The minimum atomic E-state index is -3.29. The Labute approximate surface area is 156 Å². The lowest BCUT2D eigenvalue weighted by Crippen LogP contribution is -2.14. The number of carbonyl (C=O) groups is 1. The molecule has 0 unspecified atom stereocenters. The molecule has 1 N–H and O–H groups in total. The van der Waals surface area contributed by atoms with Crippen LogP contribution < -0.4 is 10.1 Å². The van der Waals surface area contributed by atoms with Crippen molar-refractivity contribution < 1.29 is 17.9 Å². The number of rotatable bonds is 8. The third kappa shape index (κ3) is 5.57. The molecule has 0 bridgehead atoms. The van der Waals surface area contributed by atoms with E-state index < -0.39 is 15.7 Å². The number of ether oxygens (including phenoxy) is 1. The van der Waals surface area contributed by atoms with Gasteiger partial charge >= 0.3 is 0 Å². The van der Waals surface area contributed by atoms with E-state index in [1.54, 1.807) is 11.8 Å². The molecular formula is C17H19N3O4S2. The van der Waals surface area contributed by atoms with Crippen molar-refractivity contribution in [2.24, 2.45) is 0 Å². The summed E-state index contributed by atoms with van der Waals surface area (Å²) in [6.07, 6.45) is 5.93. The summed E-state index contributed by atoms with van der Waals surface area (Å²) in [5.74, 6) is 1.04. The van der Waals surface area contributed by atoms with Gasteiger partial charge in [0.2, 0.25) is 5.88 Å². The molecule has 9 heteroatoms. The molecule has 1 heterocycles. The first-order chi connectivity index (χ1) is 12.3. The Morgan fingerprint density at radius 3 is 2.46 bits per heavy atom. The average molecular weight is 393 g/mol. The van der Waals surface area contributed by atoms with Gasteiger partial charge in [-0.05, 0) is 24.0 Å². The molecule has 26 heavy (non-hydrogen) atoms. The monoisotopic (exact) mass is 393 g/mol. The SMILES string of the molecule is C=C(C(=O)Nc1cnc(OCCSC)cn1)c1ccc(S(C)(=O)=O)cc1. The molecule has 0 fully saturated rings. The molecule has 0 radical (unpaired) electrons. The number of carbonyl (C=O) groups excluding carboxylic acids is 1. The van der Waals surface area contributed by atoms with Gasteiger partial charge in [-0.25, -0.2) is 18.4 Å². The van der Waals surface area contributed by atoms with Crippen LogP contribution in [-0.4, -0.2) is 49.2 Å². The van der Waals surface area contributed by atoms with Crippen LogP contribution in [0.1, 0.15) is 5.56 Å². The molecule has 0 aliphatic heterocycles. The fourth-order valence-electron chi connectivity index (χ4n) is 1.91. The molecule has 1 aromatic heterocycles. The molecule has 0 aliphatic rings. The second-order valence-electron chi connectivity index (χ2n) is 5.31. The first-order valence-corrected chi connectivity index (χ1v) is 10.8. The van der Waals surface area contributed by atoms with Gasteiger partial charge in [0.1, 0.15) is 0 Å². The van der Waals surface area contributed by atoms with Crippen molar-refractivity contribution in [2.45, 2.75) is 4.90 Å². The zero-order chi connectivity index (χ0) is 19.2. The highest BCUT2D eigenvalue weighted by atomic mass is 32.2. The van der Waals surface area contributed by atoms with Gasteiger partial charge in [0.25, 0.3) is 5.91 Å². The van der Waals surface area contributed by atoms with Gasteiger partial charge in [-0.1, -0.05) is 18.7 Å². The molecule has 2 aromatic rings. The number of anilines is 1. The molecule has 1 amide bonds. The highest BCUT2D eigenvalue weighted by molar-refractivity contribution is 7.98. The van der Waals surface area contributed by atoms with Crippen LogP contribution in [0.4, 0.5) is 5.82 Å². The molecule has 2 rings (SSSR count). The summed E-state index contributed by atoms with van der Waals surface area (Å²) < 4.78 is 28.3. The van der Waals surface area contributed by atoms with E-state index in [0.717, 1.165) is 12.0 Å². The van der Waals surface area contributed by atoms with E-state index in [0.29, 0.717) is 18.1 Å². The highest BCUT2D eigenvalue weighted by Crippen LogP contribution is 2.18. The second kappa shape index (κ2) is 8.81. The average Bonchev–Trinajstić information content (AvgIpc) is 2.62. The van der Waals surface area contributed by atoms with Crippen molar-refractivity contribution in [3.05, 3.63) is 48.8 Å². The molecule has 0 saturated heterocycles. The predicted molar refractivity (Wildman–Crippen MR) is 103 cm³/mol. The summed E-state index contributed by atoms with van der Waals surface area (Å²) in [5, 5.41) is 2.59. The van der Waals surface area contributed by atoms with Crippen molar-refractivity contribution in [1.29, 1.82) is 0 Å². The fourth-order valence-corrected chi connectivity index (χ4v) is 2.79. The van der Waals surface area contributed by atoms with Gasteiger partial charge in [0, 0.05) is 17.6 Å². The van der Waals surface area contributed by atoms with Gasteiger partial charge in [0.15, 0.2) is 15.7 Å². The maximum Gasteiger partial charge on any atom is 0.256 e. The second-order valence-corrected chi connectivity index (χ2v) is 8.31. The lowest BCUT2D eigenvalue weighted by molar-refractivity contribution is -0.111. The quantitative estimate of drug-likeness (QED) is 0.543. The molecule has 138 valence electrons. The van der Waals surface area contributed by atoms with E-state index in [-0.39, 0.29) is 16.3 Å². The minimum absolute atomic E-state index is 0.178. The standard InChI is InChI=1S/C17H19N3O4S2/c1-12(13-4-6-14(7-5-13)26(3,22)23)17(21)20-15-10-19-16(11-18-15)24-8-9-25-2/h4-7,10-11H,1,8-9H2,2-3H3,(H,18,20,21). The van der Waals surface area contributed by atoms with Crippen LogP contribution in [0, 0.1) is 0 Å². The smallest absolute Gasteiger partial charge is 0.256 e. The van der Waals surface area contributed by atoms with Gasteiger partial charge in [-0.3, -0.25) is 4.79 Å². The number of benzene rings is 1. The van der Waals surface area contributed by atoms with Gasteiger partial charge < -0.3 is 10.1 Å². The Kier molecular flexibility index (Phi) is 6.76. The zero-order valence-corrected chi connectivity index (χ0v) is 16.1. The predicted octanol–water partition coefficient (Wildman–Crippen LogP) is 2.27. The van der Waals surface area contributed by atoms with Crippen LogP contribution in [-0.2, 0) is 14.6 Å². The molecule has 0 saturated carbocycles. The summed E-state index contributed by atoms with van der Waals surface area (Å²) in [5.41, 5.74) is 0.701. The first-order valence-electron chi connectivity index (χ1n) is 7.56. The van der Waals surface area contributed by atoms with Crippen LogP contribution in [0.2, 0.25) is 0 Å². The molecule has 0 atom stereocenters. The van der Waals surface area contributed by atoms with E-state index in [4.69, 9.17) is 4.74 Å². The lowest BCUT2D eigenvalue weighted by Gasteiger charge is -2.08. The number of amides is 1. The van der Waals surface area contributed by atoms with E-state index >= 15 is 0 Å². The molecular weight excluding hydrogens is 374 g/mol. The van der Waals surface area contributed by atoms with E-state index in [2.05, 4.69) is 21.9 Å². The normalized spacial score (nSPS) is 11.0. The van der Waals surface area contributed by atoms with Crippen molar-refractivity contribution in [3.63, 3.8) is 0 Å². The summed E-state index contributed by atoms with van der Waals surface area (Å²) >= 11 is 1.66. The first kappa shape index (κ1) is 19.9. The largest absolute Gasteiger partial charge is 0.476 e. The number of nitrogens with zero attached hydrogens (tertiary/aromatic N) is 2. The van der Waals surface area contributed by atoms with Crippen molar-refractivity contribution >= 4 is 38.9 Å². The third-order valence-corrected chi connectivity index (χ3v) is 5.02. The molecule has 7 nitrogen and oxygen atoms in total. The van der Waals surface area contributed by atoms with E-state index in [9.17, 15) is 13.2 Å². The van der Waals surface area contributed by atoms with E-state index in [1.165, 1.54) is 36.7 Å². The van der Waals surface area contributed by atoms with Crippen LogP contribution in [0.5, 0.6) is 5.88 Å². The Morgan fingerprint density at radius 2 is 1.92 bits per heavy atom. The van der Waals surface area contributed by atoms with Crippen molar-refractivity contribution in [1.82, 2.24) is 9.97 Å². The Balaban J connectivity index is 1.99. The topological polar surface area (TPSA) is 98.2 Å². The third-order valence-electron chi connectivity index (χ3n) is 3.31. The summed E-state index contributed by atoms with van der Waals surface area (Å²) in [4.78, 5) is 20.6. The van der Waals surface area contributed by atoms with Crippen LogP contribution >= 0.6 is 11.8 Å². The number of thioether (sulfide) groups is 1. The number of sulfone groups is 1. The lowest BCUT2D eigenvalue weighted by atomic mass is 10.1. The summed E-state index contributed by atoms with van der Waals surface area (Å²) in [6.45, 7) is 4.27. The number of aromatic nitrogens is 2. The number of hydrogen-bond donors (Lipinski definition) is 1. The number of nitrogens with one attached hydrogen (secondary N) is 1. The maximum atomic E-state index is 12.3. The van der Waals surface area contributed by atoms with Crippen LogP contribution in [0.3, 0.4) is 0 Å². The molecule has 0 aliphatic carbocycles. The van der Waals surface area contributed by atoms with Gasteiger partial charge in [0.05, 0.1) is 23.9 Å². The molecule has 1 aromatic carbocycles. The Morgan fingerprint density at radius 1 is 1.23 bits per heavy atom. The Bertz CT molecular complexity index is 879. The molecule has 0 spiro atoms. The Hall–Kier alpha value is -2.39. The summed E-state index contributed by atoms with van der Waals surface area (Å²) in [7, 11) is -3.29. The number of hydrogen-bond acceptors (Lipinski definition) is 7. The fraction of sp³-hybridized carbons (Fsp3) is 0.235. The van der Waals surface area contributed by atoms with Crippen LogP contribution in [0.25, 0.3) is 5.57 Å². The van der Waals surface area contributed by atoms with Gasteiger partial charge in [-0.15, -0.1) is 0 Å².